The van der Waals surface area contributed by atoms with Crippen LogP contribution < -0.4 is 0 Å². The van der Waals surface area contributed by atoms with Gasteiger partial charge in [-0.3, -0.25) is 19.2 Å². The van der Waals surface area contributed by atoms with Gasteiger partial charge in [-0.1, -0.05) is 168 Å². The molecular weight excluding hydrogens is 777 g/mol. The van der Waals surface area contributed by atoms with Gasteiger partial charge in [0.25, 0.3) is 0 Å². The van der Waals surface area contributed by atoms with Gasteiger partial charge in [0.2, 0.25) is 0 Å². The normalized spacial score (nSPS) is 30.9. The monoisotopic (exact) mass is 859 g/mol. The van der Waals surface area contributed by atoms with Crippen molar-refractivity contribution < 1.29 is 54.6 Å². The Kier molecular flexibility index (Phi) is 19.1. The van der Waals surface area contributed by atoms with Crippen molar-refractivity contribution in [3.05, 3.63) is 23.3 Å². The van der Waals surface area contributed by atoms with Gasteiger partial charge in [0, 0.05) is 41.9 Å². The molecule has 61 heavy (non-hydrogen) atoms. The van der Waals surface area contributed by atoms with E-state index >= 15 is 0 Å². The molecule has 2 saturated carbocycles. The van der Waals surface area contributed by atoms with Gasteiger partial charge in [0.15, 0.2) is 5.78 Å². The molecule has 2 fully saturated rings. The minimum atomic E-state index is -1.98. The number of ketones is 1. The van der Waals surface area contributed by atoms with Gasteiger partial charge in [-0.05, 0) is 36.8 Å². The molecule has 348 valence electrons. The van der Waals surface area contributed by atoms with Gasteiger partial charge < -0.3 is 35.4 Å². The largest absolute Gasteiger partial charge is 0.481 e. The number of aliphatic hydroxyl groups excluding tert-OH is 2. The summed E-state index contributed by atoms with van der Waals surface area (Å²) in [6.07, 6.45) is 26.5. The maximum absolute atomic E-state index is 14.0. The predicted octanol–water partition coefficient (Wildman–Crippen LogP) is 9.26. The average molecular weight is 859 g/mol. The molecule has 0 radical (unpaired) electrons. The summed E-state index contributed by atoms with van der Waals surface area (Å²) in [5, 5.41) is 65.2. The van der Waals surface area contributed by atoms with Crippen molar-refractivity contribution in [2.75, 3.05) is 6.61 Å². The molecule has 4 aliphatic rings. The fourth-order valence-corrected chi connectivity index (χ4v) is 12.0. The number of aliphatic hydroxyl groups is 4. The zero-order valence-corrected chi connectivity index (χ0v) is 38.3. The number of hydrogen-bond donors (Lipinski definition) is 6. The molecular formula is C50H82O11. The van der Waals surface area contributed by atoms with E-state index in [1.807, 2.05) is 13.8 Å². The summed E-state index contributed by atoms with van der Waals surface area (Å²) in [4.78, 5) is 49.8. The Hall–Kier alpha value is -2.60. The molecule has 0 aliphatic heterocycles. The molecule has 0 aromatic rings. The molecule has 0 saturated heterocycles. The van der Waals surface area contributed by atoms with Gasteiger partial charge in [-0.25, -0.2) is 0 Å². The highest BCUT2D eigenvalue weighted by atomic mass is 16.6. The highest BCUT2D eigenvalue weighted by molar-refractivity contribution is 6.04. The van der Waals surface area contributed by atoms with Crippen LogP contribution in [-0.2, 0) is 23.9 Å². The Balaban J connectivity index is 1.16. The second-order valence-electron chi connectivity index (χ2n) is 20.2. The van der Waals surface area contributed by atoms with E-state index in [1.54, 1.807) is 26.0 Å². The van der Waals surface area contributed by atoms with Crippen molar-refractivity contribution in [3.63, 3.8) is 0 Å². The first kappa shape index (κ1) is 51.0. The third-order valence-electron chi connectivity index (χ3n) is 15.8. The van der Waals surface area contributed by atoms with Crippen LogP contribution in [0.3, 0.4) is 0 Å². The zero-order chi connectivity index (χ0) is 45.0. The number of aliphatic carboxylic acids is 2. The number of carbonyl (C=O) groups excluding carboxylic acids is 2. The zero-order valence-electron chi connectivity index (χ0n) is 38.3. The van der Waals surface area contributed by atoms with E-state index in [1.165, 1.54) is 83.5 Å². The summed E-state index contributed by atoms with van der Waals surface area (Å²) >= 11 is 0. The van der Waals surface area contributed by atoms with Crippen molar-refractivity contribution in [1.82, 2.24) is 0 Å². The maximum atomic E-state index is 14.0. The Bertz CT molecular complexity index is 1530. The van der Waals surface area contributed by atoms with Crippen molar-refractivity contribution >= 4 is 23.7 Å². The number of ether oxygens (including phenoxy) is 1. The van der Waals surface area contributed by atoms with Crippen LogP contribution in [-0.4, -0.2) is 83.8 Å². The van der Waals surface area contributed by atoms with Crippen LogP contribution in [0.5, 0.6) is 0 Å². The van der Waals surface area contributed by atoms with E-state index in [2.05, 4.69) is 6.92 Å². The number of esters is 1. The van der Waals surface area contributed by atoms with E-state index in [0.717, 1.165) is 50.9 Å². The number of hydrogen-bond acceptors (Lipinski definition) is 9. The second kappa shape index (κ2) is 22.8. The number of carbonyl (C=O) groups is 4. The molecule has 10 atom stereocenters. The summed E-state index contributed by atoms with van der Waals surface area (Å²) in [5.74, 6) is -6.44. The van der Waals surface area contributed by atoms with Crippen molar-refractivity contribution in [1.29, 1.82) is 0 Å². The molecule has 0 spiro atoms. The van der Waals surface area contributed by atoms with E-state index in [9.17, 15) is 44.7 Å². The summed E-state index contributed by atoms with van der Waals surface area (Å²) in [7, 11) is 0. The van der Waals surface area contributed by atoms with Crippen LogP contribution in [0.25, 0.3) is 0 Å². The van der Waals surface area contributed by atoms with Crippen LogP contribution in [0.4, 0.5) is 0 Å². The van der Waals surface area contributed by atoms with Gasteiger partial charge >= 0.3 is 17.9 Å². The SMILES string of the molecule is CCC(CCCCCCCCCCCCCC(=O)O)CCCCCCCCCC(CC(=O)O)C(=O)O[C@@]12[C@H](O)[C@@H](C)[C@@]3(O)[C@@H](C=C(CO)C[C@]4(O)C(=O)C(C)=C[C@@H]34)[C@H]1C2(C)C. The van der Waals surface area contributed by atoms with Gasteiger partial charge in [-0.2, -0.15) is 0 Å². The first-order chi connectivity index (χ1) is 28.9. The minimum Gasteiger partial charge on any atom is -0.481 e. The quantitative estimate of drug-likeness (QED) is 0.0229. The van der Waals surface area contributed by atoms with Gasteiger partial charge in [-0.15, -0.1) is 0 Å². The highest BCUT2D eigenvalue weighted by Gasteiger charge is 2.86. The molecule has 0 aromatic carbocycles. The lowest BCUT2D eigenvalue weighted by molar-refractivity contribution is -0.221. The Morgan fingerprint density at radius 3 is 1.74 bits per heavy atom. The average Bonchev–Trinajstić information content (AvgIpc) is 3.64. The molecule has 4 rings (SSSR count). The second-order valence-corrected chi connectivity index (χ2v) is 20.2. The smallest absolute Gasteiger partial charge is 0.310 e. The van der Waals surface area contributed by atoms with Crippen LogP contribution in [0.1, 0.15) is 195 Å². The first-order valence-corrected chi connectivity index (χ1v) is 24.3. The standard InChI is InChI=1S/C50H82O11/c1-6-36(25-21-17-13-10-8-7-9-11-16-20-24-28-41(52)53)26-22-18-14-12-15-19-23-27-38(31-42(54)55)46(58)61-50-43(47(50,4)5)39-30-37(33-51)32-48(59)40(29-34(2)44(48)56)49(39,60)35(3)45(50)57/h29-30,35-36,38-40,43,45,51,57,59-60H,6-28,31-33H2,1-5H3,(H,52,53)(H,54,55)/t35-,36?,38?,39+,40-,43+,45-,48-,49-,50-/m1/s1. The molecule has 11 nitrogen and oxygen atoms in total. The third-order valence-corrected chi connectivity index (χ3v) is 15.8. The Morgan fingerprint density at radius 1 is 0.770 bits per heavy atom. The summed E-state index contributed by atoms with van der Waals surface area (Å²) in [6, 6.07) is 0. The summed E-state index contributed by atoms with van der Waals surface area (Å²) < 4.78 is 6.31. The van der Waals surface area contributed by atoms with E-state index in [4.69, 9.17) is 9.84 Å². The molecule has 0 bridgehead atoms. The Labute approximate surface area is 366 Å². The molecule has 4 aliphatic carbocycles. The molecule has 11 heteroatoms. The van der Waals surface area contributed by atoms with E-state index < -0.39 is 88.2 Å². The van der Waals surface area contributed by atoms with Crippen molar-refractivity contribution in [2.45, 2.75) is 218 Å². The summed E-state index contributed by atoms with van der Waals surface area (Å²) in [6.45, 7) is 8.82. The molecule has 0 amide bonds. The first-order valence-electron chi connectivity index (χ1n) is 24.3. The topological polar surface area (TPSA) is 199 Å². The lowest BCUT2D eigenvalue weighted by Gasteiger charge is -2.52. The van der Waals surface area contributed by atoms with E-state index in [-0.39, 0.29) is 12.8 Å². The number of carboxylic acids is 2. The molecule has 2 unspecified atom stereocenters. The number of carboxylic acid groups (broad SMARTS) is 2. The van der Waals surface area contributed by atoms with Crippen molar-refractivity contribution in [3.8, 4) is 0 Å². The number of unbranched alkanes of at least 4 members (excludes halogenated alkanes) is 16. The maximum Gasteiger partial charge on any atom is 0.310 e. The highest BCUT2D eigenvalue weighted by Crippen LogP contribution is 2.76. The lowest BCUT2D eigenvalue weighted by atomic mass is 9.59. The predicted molar refractivity (Wildman–Crippen MR) is 235 cm³/mol. The number of rotatable bonds is 30. The Morgan fingerprint density at radius 2 is 1.26 bits per heavy atom. The number of fused-ring (bicyclic) bond motifs is 5. The van der Waals surface area contributed by atoms with Crippen LogP contribution in [0, 0.1) is 40.9 Å². The third kappa shape index (κ3) is 11.8. The summed E-state index contributed by atoms with van der Waals surface area (Å²) in [5.41, 5.74) is -5.33. The van der Waals surface area contributed by atoms with Gasteiger partial charge in [0.05, 0.1) is 30.7 Å². The molecule has 6 N–H and O–H groups in total. The molecule has 0 aromatic heterocycles. The minimum absolute atomic E-state index is 0.159. The van der Waals surface area contributed by atoms with Gasteiger partial charge in [0.1, 0.15) is 11.2 Å². The van der Waals surface area contributed by atoms with Crippen molar-refractivity contribution in [2.24, 2.45) is 40.9 Å². The fraction of sp³-hybridized carbons (Fsp3) is 0.840. The number of Topliss-reactive ketones (excluding diaryl/α,β-unsaturated/α-hetero) is 1. The van der Waals surface area contributed by atoms with Crippen LogP contribution in [0.2, 0.25) is 0 Å². The van der Waals surface area contributed by atoms with Crippen LogP contribution in [0.15, 0.2) is 23.3 Å². The van der Waals surface area contributed by atoms with Crippen LogP contribution >= 0.6 is 0 Å². The molecule has 0 heterocycles. The fourth-order valence-electron chi connectivity index (χ4n) is 12.0. The van der Waals surface area contributed by atoms with E-state index in [0.29, 0.717) is 30.4 Å². The lowest BCUT2D eigenvalue weighted by Crippen LogP contribution is -2.65.